The van der Waals surface area contributed by atoms with E-state index in [1.165, 1.54) is 0 Å². The third-order valence-corrected chi connectivity index (χ3v) is 3.37. The number of benzene rings is 1. The number of carboxylic acid groups (broad SMARTS) is 1. The molecule has 0 bridgehead atoms. The van der Waals surface area contributed by atoms with Crippen LogP contribution in [-0.2, 0) is 11.4 Å². The zero-order chi connectivity index (χ0) is 13.8. The molecule has 0 saturated heterocycles. The van der Waals surface area contributed by atoms with Crippen molar-refractivity contribution >= 4 is 17.7 Å². The van der Waals surface area contributed by atoms with Crippen LogP contribution in [0.1, 0.15) is 11.4 Å². The standard InChI is InChI=1S/C12H13N3O3S/c1-8-2-4-9(5-3-8)15-10(6-16)13-14-12(15)19-7-11(17)18/h2-5,16H,6-7H2,1H3,(H,17,18). The highest BCUT2D eigenvalue weighted by atomic mass is 32.2. The van der Waals surface area contributed by atoms with Gasteiger partial charge in [-0.15, -0.1) is 10.2 Å². The lowest BCUT2D eigenvalue weighted by Gasteiger charge is -2.08. The SMILES string of the molecule is Cc1ccc(-n2c(CO)nnc2SCC(=O)O)cc1. The average Bonchev–Trinajstić information content (AvgIpc) is 2.80. The number of thioether (sulfide) groups is 1. The smallest absolute Gasteiger partial charge is 0.313 e. The van der Waals surface area contributed by atoms with E-state index in [4.69, 9.17) is 5.11 Å². The number of hydrogen-bond acceptors (Lipinski definition) is 5. The van der Waals surface area contributed by atoms with Gasteiger partial charge in [0, 0.05) is 5.69 Å². The Morgan fingerprint density at radius 1 is 1.32 bits per heavy atom. The lowest BCUT2D eigenvalue weighted by atomic mass is 10.2. The van der Waals surface area contributed by atoms with Crippen LogP contribution in [0.5, 0.6) is 0 Å². The van der Waals surface area contributed by atoms with Crippen molar-refractivity contribution in [3.8, 4) is 5.69 Å². The predicted octanol–water partition coefficient (Wildman–Crippen LogP) is 1.24. The molecule has 0 aliphatic rings. The number of carbonyl (C=O) groups is 1. The van der Waals surface area contributed by atoms with Gasteiger partial charge in [-0.3, -0.25) is 9.36 Å². The van der Waals surface area contributed by atoms with E-state index >= 15 is 0 Å². The van der Waals surface area contributed by atoms with Crippen LogP contribution in [0.25, 0.3) is 5.69 Å². The average molecular weight is 279 g/mol. The number of aliphatic hydroxyl groups is 1. The van der Waals surface area contributed by atoms with E-state index in [0.29, 0.717) is 11.0 Å². The van der Waals surface area contributed by atoms with Crippen LogP contribution < -0.4 is 0 Å². The summed E-state index contributed by atoms with van der Waals surface area (Å²) >= 11 is 1.07. The summed E-state index contributed by atoms with van der Waals surface area (Å²) in [5.41, 5.74) is 1.91. The van der Waals surface area contributed by atoms with Crippen LogP contribution in [0.3, 0.4) is 0 Å². The van der Waals surface area contributed by atoms with Gasteiger partial charge in [0.25, 0.3) is 0 Å². The van der Waals surface area contributed by atoms with Gasteiger partial charge in [-0.05, 0) is 19.1 Å². The zero-order valence-electron chi connectivity index (χ0n) is 10.3. The summed E-state index contributed by atoms with van der Waals surface area (Å²) in [6, 6.07) is 7.62. The van der Waals surface area contributed by atoms with Crippen molar-refractivity contribution in [2.24, 2.45) is 0 Å². The normalized spacial score (nSPS) is 10.6. The van der Waals surface area contributed by atoms with E-state index < -0.39 is 5.97 Å². The third-order valence-electron chi connectivity index (χ3n) is 2.46. The molecule has 0 spiro atoms. The molecule has 1 aromatic carbocycles. The van der Waals surface area contributed by atoms with Gasteiger partial charge < -0.3 is 10.2 Å². The highest BCUT2D eigenvalue weighted by molar-refractivity contribution is 7.99. The Balaban J connectivity index is 2.38. The molecule has 6 nitrogen and oxygen atoms in total. The predicted molar refractivity (Wildman–Crippen MR) is 70.4 cm³/mol. The van der Waals surface area contributed by atoms with E-state index in [0.717, 1.165) is 23.0 Å². The summed E-state index contributed by atoms with van der Waals surface area (Å²) < 4.78 is 1.66. The molecule has 1 heterocycles. The minimum absolute atomic E-state index is 0.102. The molecule has 2 aromatic rings. The van der Waals surface area contributed by atoms with E-state index in [1.807, 2.05) is 31.2 Å². The largest absolute Gasteiger partial charge is 0.481 e. The van der Waals surface area contributed by atoms with Crippen molar-refractivity contribution in [2.75, 3.05) is 5.75 Å². The Morgan fingerprint density at radius 3 is 2.58 bits per heavy atom. The molecule has 0 fully saturated rings. The first-order valence-electron chi connectivity index (χ1n) is 5.58. The lowest BCUT2D eigenvalue weighted by molar-refractivity contribution is -0.133. The van der Waals surface area contributed by atoms with Crippen LogP contribution >= 0.6 is 11.8 Å². The number of aliphatic hydroxyl groups excluding tert-OH is 1. The quantitative estimate of drug-likeness (QED) is 0.801. The maximum atomic E-state index is 10.6. The van der Waals surface area contributed by atoms with Crippen molar-refractivity contribution in [1.82, 2.24) is 14.8 Å². The first-order chi connectivity index (χ1) is 9.11. The molecule has 19 heavy (non-hydrogen) atoms. The van der Waals surface area contributed by atoms with Crippen LogP contribution in [0.4, 0.5) is 0 Å². The second kappa shape index (κ2) is 5.85. The second-order valence-electron chi connectivity index (χ2n) is 3.91. The minimum atomic E-state index is -0.922. The Labute approximate surface area is 114 Å². The molecule has 0 radical (unpaired) electrons. The number of carboxylic acids is 1. The summed E-state index contributed by atoms with van der Waals surface area (Å²) in [6.07, 6.45) is 0. The van der Waals surface area contributed by atoms with Gasteiger partial charge in [-0.2, -0.15) is 0 Å². The van der Waals surface area contributed by atoms with Gasteiger partial charge in [-0.25, -0.2) is 0 Å². The van der Waals surface area contributed by atoms with Crippen molar-refractivity contribution in [3.63, 3.8) is 0 Å². The molecular formula is C12H13N3O3S. The van der Waals surface area contributed by atoms with Crippen LogP contribution in [0, 0.1) is 6.92 Å². The van der Waals surface area contributed by atoms with Gasteiger partial charge >= 0.3 is 5.97 Å². The molecular weight excluding hydrogens is 266 g/mol. The second-order valence-corrected chi connectivity index (χ2v) is 4.85. The monoisotopic (exact) mass is 279 g/mol. The van der Waals surface area contributed by atoms with E-state index in [2.05, 4.69) is 10.2 Å². The minimum Gasteiger partial charge on any atom is -0.481 e. The number of hydrogen-bond donors (Lipinski definition) is 2. The molecule has 7 heteroatoms. The Hall–Kier alpha value is -1.86. The summed E-state index contributed by atoms with van der Waals surface area (Å²) in [5.74, 6) is -0.638. The van der Waals surface area contributed by atoms with E-state index in [1.54, 1.807) is 4.57 Å². The molecule has 2 N–H and O–H groups in total. The Morgan fingerprint density at radius 2 is 2.00 bits per heavy atom. The van der Waals surface area contributed by atoms with Gasteiger partial charge in [-0.1, -0.05) is 29.5 Å². The first-order valence-corrected chi connectivity index (χ1v) is 6.57. The van der Waals surface area contributed by atoms with Gasteiger partial charge in [0.1, 0.15) is 6.61 Å². The van der Waals surface area contributed by atoms with Crippen LogP contribution in [0.2, 0.25) is 0 Å². The van der Waals surface area contributed by atoms with Crippen LogP contribution in [0.15, 0.2) is 29.4 Å². The Kier molecular flexibility index (Phi) is 4.18. The number of aliphatic carboxylic acids is 1. The van der Waals surface area contributed by atoms with E-state index in [-0.39, 0.29) is 12.4 Å². The molecule has 100 valence electrons. The topological polar surface area (TPSA) is 88.2 Å². The molecule has 0 unspecified atom stereocenters. The fraction of sp³-hybridized carbons (Fsp3) is 0.250. The molecule has 0 aliphatic carbocycles. The molecule has 0 aliphatic heterocycles. The summed E-state index contributed by atoms with van der Waals surface area (Å²) in [5, 5.41) is 26.2. The zero-order valence-corrected chi connectivity index (χ0v) is 11.1. The third kappa shape index (κ3) is 3.12. The van der Waals surface area contributed by atoms with Gasteiger partial charge in [0.05, 0.1) is 5.75 Å². The van der Waals surface area contributed by atoms with Crippen molar-refractivity contribution in [1.29, 1.82) is 0 Å². The van der Waals surface area contributed by atoms with Gasteiger partial charge in [0.15, 0.2) is 11.0 Å². The molecule has 0 saturated carbocycles. The summed E-state index contributed by atoms with van der Waals surface area (Å²) in [6.45, 7) is 1.72. The molecule has 0 amide bonds. The first kappa shape index (κ1) is 13.6. The number of rotatable bonds is 5. The summed E-state index contributed by atoms with van der Waals surface area (Å²) in [7, 11) is 0. The highest BCUT2D eigenvalue weighted by Crippen LogP contribution is 2.22. The lowest BCUT2D eigenvalue weighted by Crippen LogP contribution is -2.04. The molecule has 2 rings (SSSR count). The highest BCUT2D eigenvalue weighted by Gasteiger charge is 2.14. The number of aryl methyl sites for hydroxylation is 1. The fourth-order valence-electron chi connectivity index (χ4n) is 1.58. The van der Waals surface area contributed by atoms with Crippen molar-refractivity contribution < 1.29 is 15.0 Å². The maximum Gasteiger partial charge on any atom is 0.313 e. The summed E-state index contributed by atoms with van der Waals surface area (Å²) in [4.78, 5) is 10.6. The van der Waals surface area contributed by atoms with Crippen molar-refractivity contribution in [2.45, 2.75) is 18.7 Å². The van der Waals surface area contributed by atoms with E-state index in [9.17, 15) is 9.90 Å². The number of aromatic nitrogens is 3. The Bertz CT molecular complexity index is 580. The van der Waals surface area contributed by atoms with Crippen molar-refractivity contribution in [3.05, 3.63) is 35.7 Å². The number of nitrogens with zero attached hydrogens (tertiary/aromatic N) is 3. The fourth-order valence-corrected chi connectivity index (χ4v) is 2.27. The molecule has 1 aromatic heterocycles. The molecule has 0 atom stereocenters. The van der Waals surface area contributed by atoms with Crippen LogP contribution in [-0.4, -0.2) is 36.7 Å². The maximum absolute atomic E-state index is 10.6. The van der Waals surface area contributed by atoms with Gasteiger partial charge in [0.2, 0.25) is 0 Å².